The first-order valence-electron chi connectivity index (χ1n) is 4.42. The molecule has 1 aliphatic rings. The topological polar surface area (TPSA) is 44.0 Å². The maximum atomic E-state index is 11.6. The van der Waals surface area contributed by atoms with Crippen LogP contribution in [-0.4, -0.2) is 9.13 Å². The zero-order valence-electron chi connectivity index (χ0n) is 7.78. The number of fused-ring (bicyclic) bond motifs is 1. The van der Waals surface area contributed by atoms with Crippen molar-refractivity contribution in [3.63, 3.8) is 0 Å². The minimum absolute atomic E-state index is 0.187. The fourth-order valence-corrected chi connectivity index (χ4v) is 1.84. The summed E-state index contributed by atoms with van der Waals surface area (Å²) in [5, 5.41) is 0. The predicted octanol–water partition coefficient (Wildman–Crippen LogP) is 0.0542. The van der Waals surface area contributed by atoms with Crippen LogP contribution in [0, 0.1) is 0 Å². The summed E-state index contributed by atoms with van der Waals surface area (Å²) in [6, 6.07) is 1.79. The van der Waals surface area contributed by atoms with Crippen molar-refractivity contribution in [2.75, 3.05) is 0 Å². The summed E-state index contributed by atoms with van der Waals surface area (Å²) in [5.74, 6) is 0. The molecule has 1 aromatic heterocycles. The molecule has 4 nitrogen and oxygen atoms in total. The minimum Gasteiger partial charge on any atom is -0.295 e. The standard InChI is InChI=1S/C9H12N2O2/c1-6-3-4-7-5-8(12)10(2)9(13)11(6)7/h5-6H,3-4H2,1-2H3/t6-/m1/s1. The van der Waals surface area contributed by atoms with E-state index in [1.54, 1.807) is 10.6 Å². The Hall–Kier alpha value is -1.32. The molecule has 0 saturated carbocycles. The van der Waals surface area contributed by atoms with Gasteiger partial charge in [0.1, 0.15) is 0 Å². The first kappa shape index (κ1) is 8.29. The molecule has 0 spiro atoms. The third-order valence-corrected chi connectivity index (χ3v) is 2.68. The molecule has 4 heteroatoms. The Morgan fingerprint density at radius 2 is 2.15 bits per heavy atom. The van der Waals surface area contributed by atoms with Crippen molar-refractivity contribution in [3.8, 4) is 0 Å². The molecule has 0 unspecified atom stereocenters. The van der Waals surface area contributed by atoms with E-state index in [-0.39, 0.29) is 17.3 Å². The van der Waals surface area contributed by atoms with Crippen LogP contribution in [0.15, 0.2) is 15.7 Å². The smallest absolute Gasteiger partial charge is 0.295 e. The van der Waals surface area contributed by atoms with Gasteiger partial charge in [0.15, 0.2) is 0 Å². The second-order valence-corrected chi connectivity index (χ2v) is 3.57. The van der Waals surface area contributed by atoms with Gasteiger partial charge in [-0.2, -0.15) is 0 Å². The number of hydrogen-bond acceptors (Lipinski definition) is 2. The molecular weight excluding hydrogens is 168 g/mol. The van der Waals surface area contributed by atoms with E-state index in [1.165, 1.54) is 7.05 Å². The average Bonchev–Trinajstić information content (AvgIpc) is 2.43. The van der Waals surface area contributed by atoms with Crippen molar-refractivity contribution < 1.29 is 0 Å². The summed E-state index contributed by atoms with van der Waals surface area (Å²) in [6.07, 6.45) is 1.80. The zero-order chi connectivity index (χ0) is 9.59. The molecule has 1 aliphatic heterocycles. The average molecular weight is 180 g/mol. The predicted molar refractivity (Wildman–Crippen MR) is 49.0 cm³/mol. The summed E-state index contributed by atoms with van der Waals surface area (Å²) < 4.78 is 2.87. The minimum atomic E-state index is -0.203. The van der Waals surface area contributed by atoms with E-state index >= 15 is 0 Å². The van der Waals surface area contributed by atoms with Crippen LogP contribution in [-0.2, 0) is 13.5 Å². The summed E-state index contributed by atoms with van der Waals surface area (Å²) in [5.41, 5.74) is 0.485. The highest BCUT2D eigenvalue weighted by molar-refractivity contribution is 5.08. The molecule has 0 amide bonds. The fraction of sp³-hybridized carbons (Fsp3) is 0.556. The van der Waals surface area contributed by atoms with Crippen LogP contribution in [0.1, 0.15) is 25.1 Å². The van der Waals surface area contributed by atoms with Crippen LogP contribution in [0.5, 0.6) is 0 Å². The molecular formula is C9H12N2O2. The van der Waals surface area contributed by atoms with Gasteiger partial charge in [-0.05, 0) is 19.8 Å². The van der Waals surface area contributed by atoms with Crippen molar-refractivity contribution in [3.05, 3.63) is 32.6 Å². The Bertz CT molecular complexity index is 456. The second kappa shape index (κ2) is 2.58. The van der Waals surface area contributed by atoms with Crippen LogP contribution in [0.25, 0.3) is 0 Å². The normalized spacial score (nSPS) is 20.3. The molecule has 0 fully saturated rings. The van der Waals surface area contributed by atoms with Crippen molar-refractivity contribution >= 4 is 0 Å². The Morgan fingerprint density at radius 1 is 1.46 bits per heavy atom. The van der Waals surface area contributed by atoms with Gasteiger partial charge in [0.25, 0.3) is 5.56 Å². The molecule has 0 N–H and O–H groups in total. The fourth-order valence-electron chi connectivity index (χ4n) is 1.84. The van der Waals surface area contributed by atoms with Crippen LogP contribution in [0.3, 0.4) is 0 Å². The van der Waals surface area contributed by atoms with E-state index in [2.05, 4.69) is 0 Å². The van der Waals surface area contributed by atoms with Crippen LogP contribution < -0.4 is 11.2 Å². The highest BCUT2D eigenvalue weighted by Crippen LogP contribution is 2.20. The number of nitrogens with zero attached hydrogens (tertiary/aromatic N) is 2. The molecule has 1 atom stereocenters. The largest absolute Gasteiger partial charge is 0.331 e. The van der Waals surface area contributed by atoms with Gasteiger partial charge in [-0.15, -0.1) is 0 Å². The molecule has 13 heavy (non-hydrogen) atoms. The highest BCUT2D eigenvalue weighted by atomic mass is 16.2. The Balaban J connectivity index is 2.83. The van der Waals surface area contributed by atoms with Crippen molar-refractivity contribution in [2.45, 2.75) is 25.8 Å². The molecule has 0 aliphatic carbocycles. The number of hydrogen-bond donors (Lipinski definition) is 0. The second-order valence-electron chi connectivity index (χ2n) is 3.57. The third-order valence-electron chi connectivity index (χ3n) is 2.68. The lowest BCUT2D eigenvalue weighted by atomic mass is 10.2. The lowest BCUT2D eigenvalue weighted by Gasteiger charge is -2.09. The maximum Gasteiger partial charge on any atom is 0.331 e. The van der Waals surface area contributed by atoms with E-state index in [0.717, 1.165) is 23.1 Å². The molecule has 0 bridgehead atoms. The summed E-state index contributed by atoms with van der Waals surface area (Å²) in [7, 11) is 1.52. The molecule has 2 rings (SSSR count). The Morgan fingerprint density at radius 3 is 2.85 bits per heavy atom. The van der Waals surface area contributed by atoms with E-state index < -0.39 is 0 Å². The number of rotatable bonds is 0. The Kier molecular flexibility index (Phi) is 1.65. The van der Waals surface area contributed by atoms with Gasteiger partial charge in [-0.1, -0.05) is 0 Å². The lowest BCUT2D eigenvalue weighted by molar-refractivity contribution is 0.528. The summed E-state index contributed by atoms with van der Waals surface area (Å²) in [6.45, 7) is 2.00. The highest BCUT2D eigenvalue weighted by Gasteiger charge is 2.20. The van der Waals surface area contributed by atoms with Gasteiger partial charge in [0.05, 0.1) is 0 Å². The van der Waals surface area contributed by atoms with Crippen molar-refractivity contribution in [1.82, 2.24) is 9.13 Å². The van der Waals surface area contributed by atoms with Gasteiger partial charge in [0, 0.05) is 24.8 Å². The zero-order valence-corrected chi connectivity index (χ0v) is 7.78. The van der Waals surface area contributed by atoms with Crippen LogP contribution >= 0.6 is 0 Å². The first-order valence-corrected chi connectivity index (χ1v) is 4.42. The monoisotopic (exact) mass is 180 g/mol. The van der Waals surface area contributed by atoms with Gasteiger partial charge >= 0.3 is 5.69 Å². The van der Waals surface area contributed by atoms with Crippen molar-refractivity contribution in [2.24, 2.45) is 7.05 Å². The first-order chi connectivity index (χ1) is 6.11. The number of aromatic nitrogens is 2. The van der Waals surface area contributed by atoms with Gasteiger partial charge in [0.2, 0.25) is 0 Å². The summed E-state index contributed by atoms with van der Waals surface area (Å²) >= 11 is 0. The SMILES string of the molecule is C[C@@H]1CCc2cc(=O)n(C)c(=O)n21. The van der Waals surface area contributed by atoms with E-state index in [1.807, 2.05) is 6.92 Å². The van der Waals surface area contributed by atoms with Gasteiger partial charge < -0.3 is 0 Å². The quantitative estimate of drug-likeness (QED) is 0.566. The van der Waals surface area contributed by atoms with E-state index in [0.29, 0.717) is 0 Å². The third kappa shape index (κ3) is 1.05. The molecule has 0 aromatic carbocycles. The molecule has 2 heterocycles. The van der Waals surface area contributed by atoms with Crippen LogP contribution in [0.2, 0.25) is 0 Å². The lowest BCUT2D eigenvalue weighted by Crippen LogP contribution is -2.38. The van der Waals surface area contributed by atoms with E-state index in [9.17, 15) is 9.59 Å². The van der Waals surface area contributed by atoms with Crippen LogP contribution in [0.4, 0.5) is 0 Å². The molecule has 1 aromatic rings. The van der Waals surface area contributed by atoms with Gasteiger partial charge in [-0.3, -0.25) is 13.9 Å². The molecule has 70 valence electrons. The maximum absolute atomic E-state index is 11.6. The summed E-state index contributed by atoms with van der Waals surface area (Å²) in [4.78, 5) is 22.9. The molecule has 0 saturated heterocycles. The number of aryl methyl sites for hydroxylation is 1. The van der Waals surface area contributed by atoms with E-state index in [4.69, 9.17) is 0 Å². The van der Waals surface area contributed by atoms with Gasteiger partial charge in [-0.25, -0.2) is 4.79 Å². The Labute approximate surface area is 75.4 Å². The van der Waals surface area contributed by atoms with Crippen molar-refractivity contribution in [1.29, 1.82) is 0 Å². The molecule has 0 radical (unpaired) electrons.